The highest BCUT2D eigenvalue weighted by Gasteiger charge is 2.23. The van der Waals surface area contributed by atoms with Gasteiger partial charge in [0, 0.05) is 11.6 Å². The molecule has 0 aromatic heterocycles. The van der Waals surface area contributed by atoms with Crippen LogP contribution in [0.2, 0.25) is 0 Å². The lowest BCUT2D eigenvalue weighted by Crippen LogP contribution is -2.31. The van der Waals surface area contributed by atoms with E-state index >= 15 is 0 Å². The summed E-state index contributed by atoms with van der Waals surface area (Å²) in [6.45, 7) is -0.0464. The molecule has 2 aromatic carbocycles. The normalized spacial score (nSPS) is 11.4. The minimum absolute atomic E-state index is 0.0464. The average Bonchev–Trinajstić information content (AvgIpc) is 2.59. The van der Waals surface area contributed by atoms with E-state index in [0.29, 0.717) is 6.07 Å². The molecular weight excluding hydrogens is 347 g/mol. The zero-order valence-corrected chi connectivity index (χ0v) is 13.4. The van der Waals surface area contributed by atoms with Gasteiger partial charge in [0.05, 0.1) is 23.5 Å². The van der Waals surface area contributed by atoms with Crippen LogP contribution in [0.3, 0.4) is 0 Å². The summed E-state index contributed by atoms with van der Waals surface area (Å²) >= 11 is 0. The standard InChI is InChI=1S/C17H15FN2O6/c18-14-8-12(20(24)25)6-7-13(14)15(9-16(21)22)19-17(23)26-10-11-4-2-1-3-5-11/h1-8,15H,9-10H2,(H,19,23)(H,21,22)/t15-/m1/s1. The molecule has 0 bridgehead atoms. The molecule has 1 atom stereocenters. The Bertz CT molecular complexity index is 812. The fourth-order valence-electron chi connectivity index (χ4n) is 2.23. The maximum absolute atomic E-state index is 14.1. The van der Waals surface area contributed by atoms with E-state index in [-0.39, 0.29) is 12.2 Å². The summed E-state index contributed by atoms with van der Waals surface area (Å²) in [5.74, 6) is -2.27. The molecule has 0 heterocycles. The molecule has 0 unspecified atom stereocenters. The van der Waals surface area contributed by atoms with Crippen molar-refractivity contribution in [3.05, 3.63) is 75.6 Å². The first-order valence-electron chi connectivity index (χ1n) is 7.49. The van der Waals surface area contributed by atoms with Crippen molar-refractivity contribution in [2.24, 2.45) is 0 Å². The Morgan fingerprint density at radius 3 is 2.50 bits per heavy atom. The summed E-state index contributed by atoms with van der Waals surface area (Å²) in [7, 11) is 0. The van der Waals surface area contributed by atoms with Crippen LogP contribution < -0.4 is 5.32 Å². The highest BCUT2D eigenvalue weighted by atomic mass is 19.1. The molecule has 0 saturated carbocycles. The number of nitro benzene ring substituents is 1. The number of carbonyl (C=O) groups excluding carboxylic acids is 1. The number of rotatable bonds is 7. The van der Waals surface area contributed by atoms with Crippen molar-refractivity contribution in [2.75, 3.05) is 0 Å². The first kappa shape index (κ1) is 18.8. The Morgan fingerprint density at radius 1 is 1.23 bits per heavy atom. The minimum atomic E-state index is -1.28. The molecule has 0 radical (unpaired) electrons. The van der Waals surface area contributed by atoms with Crippen LogP contribution in [0.5, 0.6) is 0 Å². The van der Waals surface area contributed by atoms with Crippen molar-refractivity contribution in [3.8, 4) is 0 Å². The molecular formula is C17H15FN2O6. The first-order valence-corrected chi connectivity index (χ1v) is 7.49. The highest BCUT2D eigenvalue weighted by Crippen LogP contribution is 2.24. The lowest BCUT2D eigenvalue weighted by atomic mass is 10.0. The van der Waals surface area contributed by atoms with Crippen LogP contribution >= 0.6 is 0 Å². The van der Waals surface area contributed by atoms with Crippen LogP contribution in [-0.2, 0) is 16.1 Å². The monoisotopic (exact) mass is 362 g/mol. The van der Waals surface area contributed by atoms with Crippen LogP contribution in [0.15, 0.2) is 48.5 Å². The summed E-state index contributed by atoms with van der Waals surface area (Å²) in [4.78, 5) is 32.8. The molecule has 0 aliphatic carbocycles. The summed E-state index contributed by atoms with van der Waals surface area (Å²) in [5, 5.41) is 21.9. The number of hydrogen-bond acceptors (Lipinski definition) is 5. The number of aliphatic carboxylic acids is 1. The number of ether oxygens (including phenoxy) is 1. The van der Waals surface area contributed by atoms with Gasteiger partial charge >= 0.3 is 12.1 Å². The summed E-state index contributed by atoms with van der Waals surface area (Å²) in [6, 6.07) is 10.3. The van der Waals surface area contributed by atoms with Gasteiger partial charge in [0.15, 0.2) is 0 Å². The summed E-state index contributed by atoms with van der Waals surface area (Å²) in [6.07, 6.45) is -1.55. The third-order valence-electron chi connectivity index (χ3n) is 3.45. The van der Waals surface area contributed by atoms with Gasteiger partial charge in [-0.05, 0) is 11.6 Å². The number of hydrogen-bond donors (Lipinski definition) is 2. The second kappa shape index (κ2) is 8.56. The van der Waals surface area contributed by atoms with Gasteiger partial charge < -0.3 is 15.2 Å². The van der Waals surface area contributed by atoms with Crippen LogP contribution in [0.25, 0.3) is 0 Å². The number of alkyl carbamates (subject to hydrolysis) is 1. The molecule has 2 rings (SSSR count). The lowest BCUT2D eigenvalue weighted by molar-refractivity contribution is -0.385. The Hall–Kier alpha value is -3.49. The van der Waals surface area contributed by atoms with E-state index in [2.05, 4.69) is 5.32 Å². The van der Waals surface area contributed by atoms with E-state index in [1.807, 2.05) is 0 Å². The van der Waals surface area contributed by atoms with E-state index in [4.69, 9.17) is 9.84 Å². The number of nitrogens with one attached hydrogen (secondary N) is 1. The number of carboxylic acid groups (broad SMARTS) is 1. The third-order valence-corrected chi connectivity index (χ3v) is 3.45. The zero-order valence-electron chi connectivity index (χ0n) is 13.4. The molecule has 2 aromatic rings. The number of nitrogens with zero attached hydrogens (tertiary/aromatic N) is 1. The number of halogens is 1. The van der Waals surface area contributed by atoms with E-state index < -0.39 is 41.0 Å². The van der Waals surface area contributed by atoms with Crippen molar-refractivity contribution < 1.29 is 28.7 Å². The van der Waals surface area contributed by atoms with Crippen LogP contribution in [0.4, 0.5) is 14.9 Å². The predicted octanol–water partition coefficient (Wildman–Crippen LogP) is 3.18. The third kappa shape index (κ3) is 5.26. The number of non-ortho nitro benzene ring substituents is 1. The number of nitro groups is 1. The molecule has 0 spiro atoms. The predicted molar refractivity (Wildman–Crippen MR) is 87.8 cm³/mol. The maximum Gasteiger partial charge on any atom is 0.407 e. The molecule has 0 fully saturated rings. The van der Waals surface area contributed by atoms with Gasteiger partial charge in [0.2, 0.25) is 0 Å². The average molecular weight is 362 g/mol. The number of carboxylic acids is 1. The number of carbonyl (C=O) groups is 2. The second-order valence-corrected chi connectivity index (χ2v) is 5.32. The topological polar surface area (TPSA) is 119 Å². The molecule has 2 N–H and O–H groups in total. The van der Waals surface area contributed by atoms with Crippen LogP contribution in [0, 0.1) is 15.9 Å². The van der Waals surface area contributed by atoms with Crippen molar-refractivity contribution in [3.63, 3.8) is 0 Å². The molecule has 0 aliphatic rings. The Labute approximate surface area is 147 Å². The van der Waals surface area contributed by atoms with E-state index in [1.165, 1.54) is 0 Å². The second-order valence-electron chi connectivity index (χ2n) is 5.32. The van der Waals surface area contributed by atoms with Gasteiger partial charge in [-0.25, -0.2) is 9.18 Å². The molecule has 0 aliphatic heterocycles. The van der Waals surface area contributed by atoms with Crippen LogP contribution in [0.1, 0.15) is 23.6 Å². The van der Waals surface area contributed by atoms with Crippen molar-refractivity contribution in [1.82, 2.24) is 5.32 Å². The molecule has 26 heavy (non-hydrogen) atoms. The number of benzene rings is 2. The van der Waals surface area contributed by atoms with Crippen LogP contribution in [-0.4, -0.2) is 22.1 Å². The van der Waals surface area contributed by atoms with E-state index in [0.717, 1.165) is 17.7 Å². The molecule has 9 heteroatoms. The Balaban J connectivity index is 2.10. The fourth-order valence-corrected chi connectivity index (χ4v) is 2.23. The van der Waals surface area contributed by atoms with Gasteiger partial charge in [-0.1, -0.05) is 30.3 Å². The Morgan fingerprint density at radius 2 is 1.92 bits per heavy atom. The summed E-state index contributed by atoms with van der Waals surface area (Å²) < 4.78 is 19.1. The number of amides is 1. The smallest absolute Gasteiger partial charge is 0.407 e. The molecule has 0 saturated heterocycles. The van der Waals surface area contributed by atoms with E-state index in [9.17, 15) is 24.1 Å². The minimum Gasteiger partial charge on any atom is -0.481 e. The zero-order chi connectivity index (χ0) is 19.1. The van der Waals surface area contributed by atoms with Gasteiger partial charge in [0.1, 0.15) is 12.4 Å². The van der Waals surface area contributed by atoms with E-state index in [1.54, 1.807) is 30.3 Å². The Kier molecular flexibility index (Phi) is 6.20. The quantitative estimate of drug-likeness (QED) is 0.577. The fraction of sp³-hybridized carbons (Fsp3) is 0.176. The van der Waals surface area contributed by atoms with Gasteiger partial charge in [0.25, 0.3) is 5.69 Å². The van der Waals surface area contributed by atoms with Crippen molar-refractivity contribution in [2.45, 2.75) is 19.1 Å². The lowest BCUT2D eigenvalue weighted by Gasteiger charge is -2.18. The van der Waals surface area contributed by atoms with Crippen molar-refractivity contribution in [1.29, 1.82) is 0 Å². The highest BCUT2D eigenvalue weighted by molar-refractivity contribution is 5.72. The largest absolute Gasteiger partial charge is 0.481 e. The SMILES string of the molecule is O=C(O)C[C@@H](NC(=O)OCc1ccccc1)c1ccc([N+](=O)[O-])cc1F. The molecule has 136 valence electrons. The van der Waals surface area contributed by atoms with Gasteiger partial charge in [-0.15, -0.1) is 0 Å². The molecule has 8 nitrogen and oxygen atoms in total. The summed E-state index contributed by atoms with van der Waals surface area (Å²) in [5.41, 5.74) is 0.0561. The maximum atomic E-state index is 14.1. The van der Waals surface area contributed by atoms with Gasteiger partial charge in [-0.3, -0.25) is 14.9 Å². The van der Waals surface area contributed by atoms with Gasteiger partial charge in [-0.2, -0.15) is 0 Å². The molecule has 1 amide bonds. The first-order chi connectivity index (χ1) is 12.4. The van der Waals surface area contributed by atoms with Crippen molar-refractivity contribution >= 4 is 17.7 Å².